The maximum Gasteiger partial charge on any atom is 0.425 e. The number of pyridine rings is 1. The van der Waals surface area contributed by atoms with Crippen molar-refractivity contribution in [3.63, 3.8) is 0 Å². The summed E-state index contributed by atoms with van der Waals surface area (Å²) in [4.78, 5) is 32.2. The fourth-order valence-electron chi connectivity index (χ4n) is 4.98. The second kappa shape index (κ2) is 10.9. The normalized spacial score (nSPS) is 17.8. The summed E-state index contributed by atoms with van der Waals surface area (Å²) in [6.45, 7) is 0.0510. The van der Waals surface area contributed by atoms with Crippen LogP contribution >= 0.6 is 0 Å². The number of hydrogen-bond acceptors (Lipinski definition) is 6. The molecule has 0 unspecified atom stereocenters. The smallest absolute Gasteiger partial charge is 0.425 e. The molecule has 8 nitrogen and oxygen atoms in total. The molecule has 216 valence electrons. The van der Waals surface area contributed by atoms with Crippen LogP contribution in [0, 0.1) is 17.6 Å². The monoisotopic (exact) mass is 583 g/mol. The van der Waals surface area contributed by atoms with Gasteiger partial charge in [-0.05, 0) is 49.1 Å². The number of hydrogen-bond donors (Lipinski definition) is 1. The number of H-pyrrole nitrogens is 1. The maximum absolute atomic E-state index is 15.1. The molecule has 41 heavy (non-hydrogen) atoms. The molecule has 15 heteroatoms. The molecule has 2 atom stereocenters. The predicted molar refractivity (Wildman–Crippen MR) is 130 cm³/mol. The van der Waals surface area contributed by atoms with Crippen molar-refractivity contribution in [2.24, 2.45) is 5.92 Å². The highest BCUT2D eigenvalue weighted by Crippen LogP contribution is 2.36. The Morgan fingerprint density at radius 1 is 1.07 bits per heavy atom. The molecule has 1 aliphatic rings. The number of nitrogens with one attached hydrogen (secondary N) is 1. The van der Waals surface area contributed by atoms with Gasteiger partial charge >= 0.3 is 6.18 Å². The molecule has 5 rings (SSSR count). The lowest BCUT2D eigenvalue weighted by Crippen LogP contribution is -2.32. The zero-order valence-corrected chi connectivity index (χ0v) is 20.9. The van der Waals surface area contributed by atoms with E-state index in [1.165, 1.54) is 16.8 Å². The Balaban J connectivity index is 1.38. The van der Waals surface area contributed by atoms with E-state index in [0.29, 0.717) is 19.3 Å². The molecular formula is C26H20F7N5O3. The van der Waals surface area contributed by atoms with E-state index < -0.39 is 69.3 Å². The van der Waals surface area contributed by atoms with Crippen molar-refractivity contribution in [3.8, 4) is 17.1 Å². The van der Waals surface area contributed by atoms with Crippen LogP contribution in [0.5, 0.6) is 5.75 Å². The summed E-state index contributed by atoms with van der Waals surface area (Å²) in [5.74, 6) is -4.17. The average molecular weight is 583 g/mol. The first-order chi connectivity index (χ1) is 19.4. The van der Waals surface area contributed by atoms with E-state index >= 15 is 4.39 Å². The van der Waals surface area contributed by atoms with Crippen LogP contribution in [0.1, 0.15) is 43.2 Å². The third-order valence-corrected chi connectivity index (χ3v) is 6.90. The molecule has 1 aromatic carbocycles. The van der Waals surface area contributed by atoms with Crippen molar-refractivity contribution in [1.29, 1.82) is 0 Å². The van der Waals surface area contributed by atoms with E-state index in [2.05, 4.69) is 15.1 Å². The second-order valence-electron chi connectivity index (χ2n) is 9.64. The standard InChI is InChI=1S/C26H20F7N5O3/c27-20-16(23-34-8-14(9-35-23)22(29)30)7-13-4-5-38(25(40)18(13)21(20)28)11-12-2-1-3-15(6-12)41-17-10-36-37-24(39)19(17)26(31,32)33/h4-5,7-10,12,15,22H,1-3,6,11H2,(H,37,39)/t12-,15+/m1/s1. The van der Waals surface area contributed by atoms with E-state index in [-0.39, 0.29) is 30.1 Å². The van der Waals surface area contributed by atoms with Crippen LogP contribution in [0.3, 0.4) is 0 Å². The van der Waals surface area contributed by atoms with Crippen molar-refractivity contribution >= 4 is 10.8 Å². The van der Waals surface area contributed by atoms with Gasteiger partial charge in [0, 0.05) is 25.1 Å². The third kappa shape index (κ3) is 5.65. The van der Waals surface area contributed by atoms with Gasteiger partial charge in [-0.15, -0.1) is 0 Å². The number of nitrogens with zero attached hydrogens (tertiary/aromatic N) is 4. The van der Waals surface area contributed by atoms with Gasteiger partial charge in [0.1, 0.15) is 0 Å². The first kappa shape index (κ1) is 28.2. The number of aromatic nitrogens is 5. The van der Waals surface area contributed by atoms with Crippen molar-refractivity contribution < 1.29 is 35.5 Å². The molecule has 0 saturated heterocycles. The van der Waals surface area contributed by atoms with Gasteiger partial charge in [0.15, 0.2) is 28.8 Å². The average Bonchev–Trinajstić information content (AvgIpc) is 2.91. The van der Waals surface area contributed by atoms with Crippen LogP contribution < -0.4 is 15.9 Å². The molecule has 1 aliphatic carbocycles. The number of rotatable bonds is 6. The summed E-state index contributed by atoms with van der Waals surface area (Å²) in [6, 6.07) is 2.53. The number of halogens is 7. The van der Waals surface area contributed by atoms with Gasteiger partial charge in [-0.25, -0.2) is 32.6 Å². The second-order valence-corrected chi connectivity index (χ2v) is 9.64. The zero-order valence-electron chi connectivity index (χ0n) is 20.9. The Hall–Kier alpha value is -4.30. The topological polar surface area (TPSA) is 103 Å². The minimum absolute atomic E-state index is 0.0352. The van der Waals surface area contributed by atoms with Gasteiger partial charge < -0.3 is 9.30 Å². The van der Waals surface area contributed by atoms with Crippen LogP contribution in [-0.2, 0) is 12.7 Å². The molecule has 3 heterocycles. The number of ether oxygens (including phenoxy) is 1. The van der Waals surface area contributed by atoms with Crippen LogP contribution in [0.15, 0.2) is 46.5 Å². The minimum atomic E-state index is -4.96. The molecule has 4 aromatic rings. The predicted octanol–water partition coefficient (Wildman–Crippen LogP) is 5.41. The first-order valence-electron chi connectivity index (χ1n) is 12.4. The van der Waals surface area contributed by atoms with Gasteiger partial charge in [0.2, 0.25) is 0 Å². The fourth-order valence-corrected chi connectivity index (χ4v) is 4.98. The van der Waals surface area contributed by atoms with Crippen molar-refractivity contribution in [1.82, 2.24) is 24.7 Å². The lowest BCUT2D eigenvalue weighted by Gasteiger charge is -2.30. The van der Waals surface area contributed by atoms with E-state index in [1.54, 1.807) is 5.10 Å². The van der Waals surface area contributed by atoms with Crippen molar-refractivity contribution in [2.75, 3.05) is 0 Å². The van der Waals surface area contributed by atoms with Crippen LogP contribution in [0.2, 0.25) is 0 Å². The number of aromatic amines is 1. The van der Waals surface area contributed by atoms with Gasteiger partial charge in [-0.3, -0.25) is 9.59 Å². The maximum atomic E-state index is 15.1. The van der Waals surface area contributed by atoms with Crippen molar-refractivity contribution in [2.45, 2.75) is 50.9 Å². The van der Waals surface area contributed by atoms with Crippen LogP contribution in [0.25, 0.3) is 22.2 Å². The summed E-state index contributed by atoms with van der Waals surface area (Å²) in [5, 5.41) is 4.63. The number of alkyl halides is 5. The highest BCUT2D eigenvalue weighted by atomic mass is 19.4. The van der Waals surface area contributed by atoms with Crippen LogP contribution in [-0.4, -0.2) is 30.8 Å². The molecule has 0 radical (unpaired) electrons. The summed E-state index contributed by atoms with van der Waals surface area (Å²) >= 11 is 0. The SMILES string of the molecule is O=c1[nH]ncc(O[C@H]2CCC[C@@H](Cn3ccc4cc(-c5ncc(C(F)F)cn5)c(F)c(F)c4c3=O)C2)c1C(F)(F)F. The molecule has 0 spiro atoms. The van der Waals surface area contributed by atoms with Crippen molar-refractivity contribution in [3.05, 3.63) is 80.4 Å². The fraction of sp³-hybridized carbons (Fsp3) is 0.346. The van der Waals surface area contributed by atoms with E-state index in [0.717, 1.165) is 24.7 Å². The van der Waals surface area contributed by atoms with Gasteiger partial charge in [-0.2, -0.15) is 18.3 Å². The third-order valence-electron chi connectivity index (χ3n) is 6.90. The van der Waals surface area contributed by atoms with Gasteiger partial charge in [0.05, 0.1) is 28.8 Å². The Bertz CT molecular complexity index is 1700. The lowest BCUT2D eigenvalue weighted by atomic mass is 9.87. The molecule has 0 bridgehead atoms. The lowest BCUT2D eigenvalue weighted by molar-refractivity contribution is -0.140. The largest absolute Gasteiger partial charge is 0.488 e. The van der Waals surface area contributed by atoms with E-state index in [4.69, 9.17) is 4.74 Å². The first-order valence-corrected chi connectivity index (χ1v) is 12.4. The summed E-state index contributed by atoms with van der Waals surface area (Å²) in [7, 11) is 0. The summed E-state index contributed by atoms with van der Waals surface area (Å²) in [6.07, 6.45) is -2.99. The highest BCUT2D eigenvalue weighted by molar-refractivity contribution is 5.86. The van der Waals surface area contributed by atoms with Gasteiger partial charge in [0.25, 0.3) is 17.5 Å². The molecule has 1 saturated carbocycles. The van der Waals surface area contributed by atoms with E-state index in [1.807, 2.05) is 0 Å². The Labute approximate surface area is 225 Å². The van der Waals surface area contributed by atoms with E-state index in [9.17, 15) is 35.9 Å². The molecule has 0 amide bonds. The highest BCUT2D eigenvalue weighted by Gasteiger charge is 2.39. The number of benzene rings is 1. The minimum Gasteiger partial charge on any atom is -0.488 e. The Kier molecular flexibility index (Phi) is 7.53. The molecule has 1 fully saturated rings. The molecule has 3 aromatic heterocycles. The summed E-state index contributed by atoms with van der Waals surface area (Å²) in [5.41, 5.74) is -4.66. The zero-order chi connectivity index (χ0) is 29.5. The van der Waals surface area contributed by atoms with Gasteiger partial charge in [-0.1, -0.05) is 0 Å². The molecule has 0 aliphatic heterocycles. The molecular weight excluding hydrogens is 563 g/mol. The van der Waals surface area contributed by atoms with Crippen LogP contribution in [0.4, 0.5) is 30.7 Å². The quantitative estimate of drug-likeness (QED) is 0.305. The molecule has 1 N–H and O–H groups in total. The summed E-state index contributed by atoms with van der Waals surface area (Å²) < 4.78 is 102. The number of fused-ring (bicyclic) bond motifs is 1. The Morgan fingerprint density at radius 2 is 1.80 bits per heavy atom. The Morgan fingerprint density at radius 3 is 2.49 bits per heavy atom.